The predicted molar refractivity (Wildman–Crippen MR) is 89.3 cm³/mol. The van der Waals surface area contributed by atoms with Gasteiger partial charge in [-0.2, -0.15) is 10.2 Å². The second kappa shape index (κ2) is 7.09. The van der Waals surface area contributed by atoms with Gasteiger partial charge in [0.25, 0.3) is 5.91 Å². The maximum Gasteiger partial charge on any atom is 0.257 e. The fraction of sp³-hybridized carbons (Fsp3) is 0. The highest BCUT2D eigenvalue weighted by atomic mass is 16.1. The van der Waals surface area contributed by atoms with E-state index in [1.165, 1.54) is 6.20 Å². The summed E-state index contributed by atoms with van der Waals surface area (Å²) in [6.07, 6.45) is 3.15. The van der Waals surface area contributed by atoms with E-state index in [0.29, 0.717) is 16.9 Å². The van der Waals surface area contributed by atoms with Gasteiger partial charge in [-0.05, 0) is 48.5 Å². The lowest BCUT2D eigenvalue weighted by atomic mass is 10.2. The first-order valence-corrected chi connectivity index (χ1v) is 7.09. The predicted octanol–water partition coefficient (Wildman–Crippen LogP) is 4.75. The van der Waals surface area contributed by atoms with Crippen LogP contribution in [0.5, 0.6) is 0 Å². The molecule has 0 spiro atoms. The third kappa shape index (κ3) is 4.07. The van der Waals surface area contributed by atoms with Crippen LogP contribution in [0.3, 0.4) is 0 Å². The largest absolute Gasteiger partial charge is 0.322 e. The molecule has 1 aromatic heterocycles. The topological polar surface area (TPSA) is 66.7 Å². The van der Waals surface area contributed by atoms with Crippen LogP contribution in [0.25, 0.3) is 0 Å². The van der Waals surface area contributed by atoms with Gasteiger partial charge in [0.2, 0.25) is 0 Å². The molecule has 2 aromatic carbocycles. The summed E-state index contributed by atoms with van der Waals surface area (Å²) in [6.45, 7) is 0. The van der Waals surface area contributed by atoms with Crippen molar-refractivity contribution >= 4 is 23.0 Å². The average molecular weight is 302 g/mol. The van der Waals surface area contributed by atoms with Gasteiger partial charge in [-0.3, -0.25) is 9.78 Å². The van der Waals surface area contributed by atoms with Crippen molar-refractivity contribution in [3.05, 3.63) is 84.7 Å². The molecule has 3 aromatic rings. The lowest BCUT2D eigenvalue weighted by Gasteiger charge is -2.04. The van der Waals surface area contributed by atoms with Gasteiger partial charge in [0.15, 0.2) is 0 Å². The molecule has 0 unspecified atom stereocenters. The summed E-state index contributed by atoms with van der Waals surface area (Å²) in [5.74, 6) is -0.197. The van der Waals surface area contributed by atoms with Crippen molar-refractivity contribution in [3.63, 3.8) is 0 Å². The Morgan fingerprint density at radius 1 is 0.826 bits per heavy atom. The fourth-order valence-electron chi connectivity index (χ4n) is 1.92. The van der Waals surface area contributed by atoms with Crippen LogP contribution in [-0.2, 0) is 0 Å². The van der Waals surface area contributed by atoms with E-state index in [0.717, 1.165) is 5.69 Å². The molecule has 0 aliphatic heterocycles. The molecule has 5 nitrogen and oxygen atoms in total. The SMILES string of the molecule is O=C(Nc1ccc(/N=N/c2ccccc2)cc1)c1cccnc1. The standard InChI is InChI=1S/C18H14N4O/c23-18(14-5-4-12-19-13-14)20-15-8-10-17(11-9-15)22-21-16-6-2-1-3-7-16/h1-13H,(H,20,23)/b22-21+. The van der Waals surface area contributed by atoms with E-state index in [9.17, 15) is 4.79 Å². The first-order valence-electron chi connectivity index (χ1n) is 7.09. The number of hydrogen-bond donors (Lipinski definition) is 1. The number of amides is 1. The van der Waals surface area contributed by atoms with E-state index in [-0.39, 0.29) is 5.91 Å². The number of carbonyl (C=O) groups is 1. The highest BCUT2D eigenvalue weighted by molar-refractivity contribution is 6.04. The Kier molecular flexibility index (Phi) is 4.49. The van der Waals surface area contributed by atoms with Crippen molar-refractivity contribution in [2.75, 3.05) is 5.32 Å². The van der Waals surface area contributed by atoms with Crippen molar-refractivity contribution in [1.82, 2.24) is 4.98 Å². The number of nitrogens with one attached hydrogen (secondary N) is 1. The normalized spacial score (nSPS) is 10.6. The van der Waals surface area contributed by atoms with E-state index < -0.39 is 0 Å². The first-order chi connectivity index (χ1) is 11.3. The smallest absolute Gasteiger partial charge is 0.257 e. The summed E-state index contributed by atoms with van der Waals surface area (Å²) in [7, 11) is 0. The fourth-order valence-corrected chi connectivity index (χ4v) is 1.92. The summed E-state index contributed by atoms with van der Waals surface area (Å²) in [5, 5.41) is 11.1. The molecule has 0 bridgehead atoms. The number of aromatic nitrogens is 1. The quantitative estimate of drug-likeness (QED) is 0.707. The van der Waals surface area contributed by atoms with Crippen LogP contribution in [0, 0.1) is 0 Å². The highest BCUT2D eigenvalue weighted by Crippen LogP contribution is 2.20. The number of benzene rings is 2. The molecule has 1 N–H and O–H groups in total. The lowest BCUT2D eigenvalue weighted by molar-refractivity contribution is 0.102. The highest BCUT2D eigenvalue weighted by Gasteiger charge is 2.05. The number of azo groups is 1. The molecule has 5 heteroatoms. The molecule has 0 fully saturated rings. The van der Waals surface area contributed by atoms with Crippen LogP contribution in [0.15, 0.2) is 89.4 Å². The maximum atomic E-state index is 12.0. The molecule has 0 aliphatic carbocycles. The molecule has 0 saturated carbocycles. The number of pyridine rings is 1. The van der Waals surface area contributed by atoms with Gasteiger partial charge < -0.3 is 5.32 Å². The van der Waals surface area contributed by atoms with Crippen molar-refractivity contribution in [2.24, 2.45) is 10.2 Å². The number of rotatable bonds is 4. The van der Waals surface area contributed by atoms with Gasteiger partial charge in [-0.15, -0.1) is 0 Å². The molecule has 0 radical (unpaired) electrons. The van der Waals surface area contributed by atoms with Crippen molar-refractivity contribution in [1.29, 1.82) is 0 Å². The van der Waals surface area contributed by atoms with Crippen LogP contribution in [0.2, 0.25) is 0 Å². The Labute approximate surface area is 133 Å². The Morgan fingerprint density at radius 2 is 1.52 bits per heavy atom. The van der Waals surface area contributed by atoms with Crippen LogP contribution in [0.4, 0.5) is 17.1 Å². The Balaban J connectivity index is 1.65. The second-order valence-electron chi connectivity index (χ2n) is 4.78. The molecule has 0 aliphatic rings. The third-order valence-electron chi connectivity index (χ3n) is 3.09. The zero-order chi connectivity index (χ0) is 15.9. The molecule has 23 heavy (non-hydrogen) atoms. The summed E-state index contributed by atoms with van der Waals surface area (Å²) < 4.78 is 0. The van der Waals surface area contributed by atoms with E-state index in [1.54, 1.807) is 42.6 Å². The molecular formula is C18H14N4O. The maximum absolute atomic E-state index is 12.0. The summed E-state index contributed by atoms with van der Waals surface area (Å²) in [4.78, 5) is 15.9. The number of anilines is 1. The van der Waals surface area contributed by atoms with Gasteiger partial charge in [-0.25, -0.2) is 0 Å². The summed E-state index contributed by atoms with van der Waals surface area (Å²) >= 11 is 0. The first kappa shape index (κ1) is 14.6. The van der Waals surface area contributed by atoms with Crippen LogP contribution >= 0.6 is 0 Å². The number of carbonyl (C=O) groups excluding carboxylic acids is 1. The van der Waals surface area contributed by atoms with Crippen molar-refractivity contribution < 1.29 is 4.79 Å². The van der Waals surface area contributed by atoms with Crippen LogP contribution in [-0.4, -0.2) is 10.9 Å². The summed E-state index contributed by atoms with van der Waals surface area (Å²) in [5.41, 5.74) is 2.72. The minimum absolute atomic E-state index is 0.197. The van der Waals surface area contributed by atoms with Gasteiger partial charge in [-0.1, -0.05) is 18.2 Å². The molecule has 0 atom stereocenters. The van der Waals surface area contributed by atoms with Crippen molar-refractivity contribution in [2.45, 2.75) is 0 Å². The zero-order valence-corrected chi connectivity index (χ0v) is 12.3. The van der Waals surface area contributed by atoms with Gasteiger partial charge in [0, 0.05) is 18.1 Å². The average Bonchev–Trinajstić information content (AvgIpc) is 2.63. The van der Waals surface area contributed by atoms with Crippen LogP contribution in [0.1, 0.15) is 10.4 Å². The Bertz CT molecular complexity index is 799. The van der Waals surface area contributed by atoms with Gasteiger partial charge in [0.05, 0.1) is 16.9 Å². The van der Waals surface area contributed by atoms with Gasteiger partial charge >= 0.3 is 0 Å². The molecular weight excluding hydrogens is 288 g/mol. The van der Waals surface area contributed by atoms with Crippen molar-refractivity contribution in [3.8, 4) is 0 Å². The Morgan fingerprint density at radius 3 is 2.17 bits per heavy atom. The van der Waals surface area contributed by atoms with E-state index in [1.807, 2.05) is 30.3 Å². The van der Waals surface area contributed by atoms with Gasteiger partial charge in [0.1, 0.15) is 0 Å². The molecule has 3 rings (SSSR count). The minimum Gasteiger partial charge on any atom is -0.322 e. The van der Waals surface area contributed by atoms with E-state index in [2.05, 4.69) is 20.5 Å². The minimum atomic E-state index is -0.197. The van der Waals surface area contributed by atoms with Crippen LogP contribution < -0.4 is 5.32 Å². The molecule has 1 heterocycles. The lowest BCUT2D eigenvalue weighted by Crippen LogP contribution is -2.11. The number of hydrogen-bond acceptors (Lipinski definition) is 4. The number of nitrogens with zero attached hydrogens (tertiary/aromatic N) is 3. The third-order valence-corrected chi connectivity index (χ3v) is 3.09. The zero-order valence-electron chi connectivity index (χ0n) is 12.3. The molecule has 112 valence electrons. The van der Waals surface area contributed by atoms with E-state index >= 15 is 0 Å². The Hall–Kier alpha value is -3.34. The molecule has 0 saturated heterocycles. The summed E-state index contributed by atoms with van der Waals surface area (Å²) in [6, 6.07) is 20.1. The molecule has 1 amide bonds. The monoisotopic (exact) mass is 302 g/mol. The second-order valence-corrected chi connectivity index (χ2v) is 4.78. The van der Waals surface area contributed by atoms with E-state index in [4.69, 9.17) is 0 Å².